The predicted molar refractivity (Wildman–Crippen MR) is 125 cm³/mol. The number of rotatable bonds is 7. The molecule has 0 aliphatic heterocycles. The molecule has 1 heterocycles. The van der Waals surface area contributed by atoms with Crippen molar-refractivity contribution in [3.63, 3.8) is 0 Å². The third-order valence-corrected chi connectivity index (χ3v) is 6.19. The van der Waals surface area contributed by atoms with Crippen molar-refractivity contribution in [2.45, 2.75) is 51.1 Å². The first-order chi connectivity index (χ1) is 15.9. The van der Waals surface area contributed by atoms with Crippen LogP contribution in [0.4, 0.5) is 24.7 Å². The molecule has 0 saturated heterocycles. The van der Waals surface area contributed by atoms with Crippen LogP contribution in [-0.2, 0) is 17.4 Å². The molecule has 1 aliphatic rings. The first kappa shape index (κ1) is 23.1. The molecule has 0 atom stereocenters. The van der Waals surface area contributed by atoms with Crippen LogP contribution in [0, 0.1) is 5.92 Å². The van der Waals surface area contributed by atoms with Crippen LogP contribution >= 0.6 is 0 Å². The van der Waals surface area contributed by atoms with Crippen LogP contribution in [0.1, 0.15) is 49.7 Å². The van der Waals surface area contributed by atoms with Crippen molar-refractivity contribution in [3.05, 3.63) is 65.7 Å². The monoisotopic (exact) mass is 455 g/mol. The van der Waals surface area contributed by atoms with E-state index in [1.807, 2.05) is 30.3 Å². The van der Waals surface area contributed by atoms with Gasteiger partial charge < -0.3 is 10.6 Å². The van der Waals surface area contributed by atoms with E-state index in [1.54, 1.807) is 0 Å². The fourth-order valence-corrected chi connectivity index (χ4v) is 4.28. The second kappa shape index (κ2) is 10.2. The summed E-state index contributed by atoms with van der Waals surface area (Å²) in [5.74, 6) is 1.39. The third-order valence-electron chi connectivity index (χ3n) is 6.19. The van der Waals surface area contributed by atoms with Gasteiger partial charge in [-0.15, -0.1) is 0 Å². The van der Waals surface area contributed by atoms with E-state index >= 15 is 0 Å². The number of aromatic nitrogens is 1. The second-order valence-electron chi connectivity index (χ2n) is 8.73. The maximum absolute atomic E-state index is 12.7. The third kappa shape index (κ3) is 6.46. The van der Waals surface area contributed by atoms with E-state index in [9.17, 15) is 18.0 Å². The van der Waals surface area contributed by atoms with E-state index in [1.165, 1.54) is 44.2 Å². The lowest BCUT2D eigenvalue weighted by Crippen LogP contribution is -2.17. The number of nitrogens with one attached hydrogen (secondary N) is 2. The molecule has 1 saturated carbocycles. The van der Waals surface area contributed by atoms with E-state index in [4.69, 9.17) is 0 Å². The van der Waals surface area contributed by atoms with Gasteiger partial charge in [0.25, 0.3) is 0 Å². The number of anilines is 2. The van der Waals surface area contributed by atoms with Gasteiger partial charge in [-0.1, -0.05) is 31.4 Å². The van der Waals surface area contributed by atoms with Crippen LogP contribution in [0.25, 0.3) is 10.9 Å². The van der Waals surface area contributed by atoms with Gasteiger partial charge in [-0.25, -0.2) is 4.98 Å². The molecule has 0 spiro atoms. The van der Waals surface area contributed by atoms with Gasteiger partial charge in [-0.3, -0.25) is 4.79 Å². The minimum absolute atomic E-state index is 0.186. The molecule has 33 heavy (non-hydrogen) atoms. The number of aryl methyl sites for hydroxylation is 1. The van der Waals surface area contributed by atoms with Crippen molar-refractivity contribution >= 4 is 28.3 Å². The standard InChI is InChI=1S/C26H28F3N3O/c27-26(28,29)21-10-6-18(7-11-21)8-15-25(33)31-22-12-13-23-20(16-22)9-14-24(32-23)30-17-19-4-2-1-3-5-19/h6-7,9-14,16,19H,1-5,8,15,17H2,(H,30,32)(H,31,33). The van der Waals surface area contributed by atoms with Crippen LogP contribution in [0.3, 0.4) is 0 Å². The lowest BCUT2D eigenvalue weighted by atomic mass is 9.89. The Morgan fingerprint density at radius 3 is 2.45 bits per heavy atom. The fourth-order valence-electron chi connectivity index (χ4n) is 4.28. The summed E-state index contributed by atoms with van der Waals surface area (Å²) in [6.45, 7) is 0.950. The van der Waals surface area contributed by atoms with Crippen molar-refractivity contribution in [2.24, 2.45) is 5.92 Å². The highest BCUT2D eigenvalue weighted by molar-refractivity contribution is 5.94. The molecule has 174 valence electrons. The molecule has 1 aromatic heterocycles. The molecule has 0 radical (unpaired) electrons. The zero-order chi connectivity index (χ0) is 23.3. The van der Waals surface area contributed by atoms with Crippen molar-refractivity contribution < 1.29 is 18.0 Å². The summed E-state index contributed by atoms with van der Waals surface area (Å²) in [6, 6.07) is 14.4. The minimum atomic E-state index is -4.35. The van der Waals surface area contributed by atoms with Gasteiger partial charge in [0.1, 0.15) is 5.82 Å². The molecule has 2 N–H and O–H groups in total. The quantitative estimate of drug-likeness (QED) is 0.411. The predicted octanol–water partition coefficient (Wildman–Crippen LogP) is 6.82. The first-order valence-corrected chi connectivity index (χ1v) is 11.5. The first-order valence-electron chi connectivity index (χ1n) is 11.5. The van der Waals surface area contributed by atoms with Gasteiger partial charge in [0.2, 0.25) is 5.91 Å². The van der Waals surface area contributed by atoms with E-state index in [0.29, 0.717) is 17.7 Å². The smallest absolute Gasteiger partial charge is 0.370 e. The number of carbonyl (C=O) groups excluding carboxylic acids is 1. The van der Waals surface area contributed by atoms with Crippen LogP contribution < -0.4 is 10.6 Å². The Morgan fingerprint density at radius 1 is 0.970 bits per heavy atom. The van der Waals surface area contributed by atoms with E-state index < -0.39 is 11.7 Å². The van der Waals surface area contributed by atoms with Gasteiger partial charge in [0.15, 0.2) is 0 Å². The molecule has 1 fully saturated rings. The number of amides is 1. The molecular formula is C26H28F3N3O. The second-order valence-corrected chi connectivity index (χ2v) is 8.73. The molecule has 0 unspecified atom stereocenters. The Hall–Kier alpha value is -3.09. The van der Waals surface area contributed by atoms with Crippen LogP contribution in [0.5, 0.6) is 0 Å². The summed E-state index contributed by atoms with van der Waals surface area (Å²) in [5, 5.41) is 7.24. The lowest BCUT2D eigenvalue weighted by molar-refractivity contribution is -0.137. The van der Waals surface area contributed by atoms with Crippen molar-refractivity contribution in [2.75, 3.05) is 17.2 Å². The van der Waals surface area contributed by atoms with Gasteiger partial charge in [-0.05, 0) is 73.2 Å². The molecule has 0 bridgehead atoms. The molecule has 2 aromatic carbocycles. The van der Waals surface area contributed by atoms with Crippen LogP contribution in [0.15, 0.2) is 54.6 Å². The lowest BCUT2D eigenvalue weighted by Gasteiger charge is -2.22. The summed E-state index contributed by atoms with van der Waals surface area (Å²) in [6.07, 6.45) is 2.74. The van der Waals surface area contributed by atoms with Crippen LogP contribution in [0.2, 0.25) is 0 Å². The number of hydrogen-bond donors (Lipinski definition) is 2. The Bertz CT molecular complexity index is 1090. The maximum Gasteiger partial charge on any atom is 0.416 e. The summed E-state index contributed by atoms with van der Waals surface area (Å²) < 4.78 is 38.0. The van der Waals surface area contributed by atoms with E-state index in [2.05, 4.69) is 15.6 Å². The molecule has 1 aliphatic carbocycles. The largest absolute Gasteiger partial charge is 0.416 e. The molecule has 1 amide bonds. The number of benzene rings is 2. The minimum Gasteiger partial charge on any atom is -0.370 e. The van der Waals surface area contributed by atoms with Crippen molar-refractivity contribution in [1.29, 1.82) is 0 Å². The summed E-state index contributed by atoms with van der Waals surface area (Å²) in [4.78, 5) is 17.0. The summed E-state index contributed by atoms with van der Waals surface area (Å²) >= 11 is 0. The number of alkyl halides is 3. The Morgan fingerprint density at radius 2 is 1.73 bits per heavy atom. The Labute approximate surface area is 191 Å². The number of halogens is 3. The highest BCUT2D eigenvalue weighted by Crippen LogP contribution is 2.29. The fraction of sp³-hybridized carbons (Fsp3) is 0.385. The highest BCUT2D eigenvalue weighted by atomic mass is 19.4. The van der Waals surface area contributed by atoms with Gasteiger partial charge >= 0.3 is 6.18 Å². The van der Waals surface area contributed by atoms with Crippen molar-refractivity contribution in [3.8, 4) is 0 Å². The normalized spacial score (nSPS) is 14.9. The van der Waals surface area contributed by atoms with Gasteiger partial charge in [0, 0.05) is 24.0 Å². The Kier molecular flexibility index (Phi) is 7.16. The summed E-state index contributed by atoms with van der Waals surface area (Å²) in [7, 11) is 0. The van der Waals surface area contributed by atoms with Gasteiger partial charge in [-0.2, -0.15) is 13.2 Å². The average Bonchev–Trinajstić information content (AvgIpc) is 2.82. The number of fused-ring (bicyclic) bond motifs is 1. The molecule has 4 rings (SSSR count). The van der Waals surface area contributed by atoms with E-state index in [-0.39, 0.29) is 12.3 Å². The molecule has 7 heteroatoms. The SMILES string of the molecule is O=C(CCc1ccc(C(F)(F)F)cc1)Nc1ccc2nc(NCC3CCCCC3)ccc2c1. The Balaban J connectivity index is 1.30. The van der Waals surface area contributed by atoms with E-state index in [0.717, 1.165) is 41.3 Å². The number of pyridine rings is 1. The van der Waals surface area contributed by atoms with Crippen molar-refractivity contribution in [1.82, 2.24) is 4.98 Å². The van der Waals surface area contributed by atoms with Crippen LogP contribution in [-0.4, -0.2) is 17.4 Å². The maximum atomic E-state index is 12.7. The summed E-state index contributed by atoms with van der Waals surface area (Å²) in [5.41, 5.74) is 1.53. The molecular weight excluding hydrogens is 427 g/mol. The number of carbonyl (C=O) groups is 1. The number of hydrogen-bond acceptors (Lipinski definition) is 3. The topological polar surface area (TPSA) is 54.0 Å². The molecule has 4 nitrogen and oxygen atoms in total. The van der Waals surface area contributed by atoms with Gasteiger partial charge in [0.05, 0.1) is 11.1 Å². The highest BCUT2D eigenvalue weighted by Gasteiger charge is 2.29. The zero-order valence-corrected chi connectivity index (χ0v) is 18.4. The molecule has 3 aromatic rings. The average molecular weight is 456 g/mol. The number of nitrogens with zero attached hydrogens (tertiary/aromatic N) is 1. The zero-order valence-electron chi connectivity index (χ0n) is 18.4.